The second kappa shape index (κ2) is 5.38. The van der Waals surface area contributed by atoms with Crippen LogP contribution in [0.15, 0.2) is 17.6 Å². The summed E-state index contributed by atoms with van der Waals surface area (Å²) in [6.07, 6.45) is 4.93. The molecule has 0 aliphatic carbocycles. The van der Waals surface area contributed by atoms with Gasteiger partial charge in [-0.2, -0.15) is 4.31 Å². The Labute approximate surface area is 108 Å². The Morgan fingerprint density at radius 2 is 2.33 bits per heavy atom. The number of aryl methyl sites for hydroxylation is 1. The average molecular weight is 273 g/mol. The number of piperidine rings is 1. The summed E-state index contributed by atoms with van der Waals surface area (Å²) in [5, 5.41) is 0.128. The van der Waals surface area contributed by atoms with Crippen LogP contribution in [0.3, 0.4) is 0 Å². The largest absolute Gasteiger partial charge is 0.384 e. The summed E-state index contributed by atoms with van der Waals surface area (Å²) in [7, 11) is -0.0417. The molecule has 0 N–H and O–H groups in total. The van der Waals surface area contributed by atoms with Gasteiger partial charge in [0, 0.05) is 33.4 Å². The van der Waals surface area contributed by atoms with Crippen LogP contribution >= 0.6 is 0 Å². The van der Waals surface area contributed by atoms with Crippen molar-refractivity contribution in [2.75, 3.05) is 26.8 Å². The minimum atomic E-state index is -3.45. The Morgan fingerprint density at radius 1 is 1.56 bits per heavy atom. The molecule has 1 fully saturated rings. The topological polar surface area (TPSA) is 64.4 Å². The normalized spacial score (nSPS) is 22.2. The van der Waals surface area contributed by atoms with E-state index in [-0.39, 0.29) is 10.9 Å². The fourth-order valence-corrected chi connectivity index (χ4v) is 3.79. The molecule has 0 saturated carbocycles. The zero-order valence-corrected chi connectivity index (χ0v) is 11.6. The van der Waals surface area contributed by atoms with Gasteiger partial charge in [0.25, 0.3) is 10.0 Å². The van der Waals surface area contributed by atoms with E-state index in [9.17, 15) is 8.42 Å². The molecule has 0 bridgehead atoms. The number of rotatable bonds is 4. The number of ether oxygens (including phenoxy) is 1. The highest BCUT2D eigenvalue weighted by Gasteiger charge is 2.31. The van der Waals surface area contributed by atoms with Gasteiger partial charge in [-0.3, -0.25) is 0 Å². The molecule has 6 nitrogen and oxygen atoms in total. The van der Waals surface area contributed by atoms with E-state index in [4.69, 9.17) is 4.74 Å². The van der Waals surface area contributed by atoms with Gasteiger partial charge in [0.2, 0.25) is 0 Å². The lowest BCUT2D eigenvalue weighted by molar-refractivity contribution is 0.118. The Balaban J connectivity index is 2.15. The Kier molecular flexibility index (Phi) is 4.04. The van der Waals surface area contributed by atoms with Crippen molar-refractivity contribution in [3.63, 3.8) is 0 Å². The number of imidazole rings is 1. The van der Waals surface area contributed by atoms with Crippen molar-refractivity contribution in [1.82, 2.24) is 13.9 Å². The van der Waals surface area contributed by atoms with E-state index in [0.717, 1.165) is 12.8 Å². The fraction of sp³-hybridized carbons (Fsp3) is 0.727. The number of nitrogens with zero attached hydrogens (tertiary/aromatic N) is 3. The number of hydrogen-bond acceptors (Lipinski definition) is 4. The van der Waals surface area contributed by atoms with Gasteiger partial charge in [-0.25, -0.2) is 13.4 Å². The van der Waals surface area contributed by atoms with Gasteiger partial charge < -0.3 is 9.30 Å². The van der Waals surface area contributed by atoms with Gasteiger partial charge in [0.1, 0.15) is 0 Å². The number of hydrogen-bond donors (Lipinski definition) is 0. The van der Waals surface area contributed by atoms with Gasteiger partial charge in [-0.05, 0) is 18.8 Å². The van der Waals surface area contributed by atoms with Crippen LogP contribution in [0.2, 0.25) is 0 Å². The Bertz CT molecular complexity index is 495. The summed E-state index contributed by atoms with van der Waals surface area (Å²) in [5.74, 6) is 0.280. The minimum Gasteiger partial charge on any atom is -0.384 e. The molecule has 1 aliphatic rings. The van der Waals surface area contributed by atoms with Crippen molar-refractivity contribution in [2.45, 2.75) is 17.9 Å². The van der Waals surface area contributed by atoms with Crippen LogP contribution in [-0.2, 0) is 21.8 Å². The molecule has 2 rings (SSSR count). The van der Waals surface area contributed by atoms with Crippen molar-refractivity contribution in [3.8, 4) is 0 Å². The maximum absolute atomic E-state index is 12.4. The van der Waals surface area contributed by atoms with E-state index >= 15 is 0 Å². The molecule has 1 aromatic heterocycles. The molecule has 1 aliphatic heterocycles. The first-order chi connectivity index (χ1) is 8.54. The van der Waals surface area contributed by atoms with E-state index in [0.29, 0.717) is 19.7 Å². The Morgan fingerprint density at radius 3 is 2.94 bits per heavy atom. The molecule has 1 unspecified atom stereocenters. The lowest BCUT2D eigenvalue weighted by Gasteiger charge is -2.30. The van der Waals surface area contributed by atoms with Crippen molar-refractivity contribution in [3.05, 3.63) is 12.5 Å². The van der Waals surface area contributed by atoms with Crippen LogP contribution in [0, 0.1) is 5.92 Å². The molecule has 1 saturated heterocycles. The first-order valence-corrected chi connectivity index (χ1v) is 7.45. The van der Waals surface area contributed by atoms with Gasteiger partial charge in [0.15, 0.2) is 5.03 Å². The average Bonchev–Trinajstić information content (AvgIpc) is 2.77. The molecule has 0 amide bonds. The lowest BCUT2D eigenvalue weighted by Crippen LogP contribution is -2.41. The SMILES string of the molecule is COCC1CCCN(S(=O)(=O)c2cn(C)cn2)C1. The molecule has 0 aromatic carbocycles. The van der Waals surface area contributed by atoms with Crippen molar-refractivity contribution < 1.29 is 13.2 Å². The summed E-state index contributed by atoms with van der Waals surface area (Å²) in [4.78, 5) is 3.94. The Hall–Kier alpha value is -0.920. The molecule has 7 heteroatoms. The highest BCUT2D eigenvalue weighted by molar-refractivity contribution is 7.89. The summed E-state index contributed by atoms with van der Waals surface area (Å²) >= 11 is 0. The highest BCUT2D eigenvalue weighted by atomic mass is 32.2. The molecule has 102 valence electrons. The number of methoxy groups -OCH3 is 1. The van der Waals surface area contributed by atoms with Gasteiger partial charge in [0.05, 0.1) is 12.9 Å². The first-order valence-electron chi connectivity index (χ1n) is 6.01. The zero-order valence-electron chi connectivity index (χ0n) is 10.7. The zero-order chi connectivity index (χ0) is 13.2. The van der Waals surface area contributed by atoms with Crippen molar-refractivity contribution in [2.24, 2.45) is 13.0 Å². The summed E-state index contributed by atoms with van der Waals surface area (Å²) in [5.41, 5.74) is 0. The molecule has 1 atom stereocenters. The monoisotopic (exact) mass is 273 g/mol. The molecule has 1 aromatic rings. The predicted octanol–water partition coefficient (Wildman–Crippen LogP) is 0.467. The van der Waals surface area contributed by atoms with Crippen LogP contribution in [0.5, 0.6) is 0 Å². The molecule has 0 radical (unpaired) electrons. The summed E-state index contributed by atoms with van der Waals surface area (Å²) in [6, 6.07) is 0. The first kappa shape index (κ1) is 13.5. The molecule has 0 spiro atoms. The molecular weight excluding hydrogens is 254 g/mol. The second-order valence-electron chi connectivity index (χ2n) is 4.70. The maximum Gasteiger partial charge on any atom is 0.262 e. The molecule has 18 heavy (non-hydrogen) atoms. The second-order valence-corrected chi connectivity index (χ2v) is 6.59. The van der Waals surface area contributed by atoms with Crippen LogP contribution in [0.1, 0.15) is 12.8 Å². The van der Waals surface area contributed by atoms with Crippen LogP contribution < -0.4 is 0 Å². The minimum absolute atomic E-state index is 0.128. The smallest absolute Gasteiger partial charge is 0.262 e. The van der Waals surface area contributed by atoms with Crippen molar-refractivity contribution >= 4 is 10.0 Å². The van der Waals surface area contributed by atoms with Gasteiger partial charge >= 0.3 is 0 Å². The fourth-order valence-electron chi connectivity index (χ4n) is 2.27. The maximum atomic E-state index is 12.4. The van der Waals surface area contributed by atoms with E-state index in [1.165, 1.54) is 16.8 Å². The van der Waals surface area contributed by atoms with E-state index in [1.807, 2.05) is 0 Å². The van der Waals surface area contributed by atoms with Crippen LogP contribution in [0.4, 0.5) is 0 Å². The number of aromatic nitrogens is 2. The van der Waals surface area contributed by atoms with E-state index in [1.54, 1.807) is 18.7 Å². The lowest BCUT2D eigenvalue weighted by atomic mass is 10.0. The van der Waals surface area contributed by atoms with Gasteiger partial charge in [-0.1, -0.05) is 0 Å². The summed E-state index contributed by atoms with van der Waals surface area (Å²) in [6.45, 7) is 1.69. The summed E-state index contributed by atoms with van der Waals surface area (Å²) < 4.78 is 33.0. The van der Waals surface area contributed by atoms with E-state index < -0.39 is 10.0 Å². The van der Waals surface area contributed by atoms with Crippen molar-refractivity contribution in [1.29, 1.82) is 0 Å². The quantitative estimate of drug-likeness (QED) is 0.800. The van der Waals surface area contributed by atoms with E-state index in [2.05, 4.69) is 4.98 Å². The predicted molar refractivity (Wildman–Crippen MR) is 66.6 cm³/mol. The van der Waals surface area contributed by atoms with Gasteiger partial charge in [-0.15, -0.1) is 0 Å². The van der Waals surface area contributed by atoms with Crippen LogP contribution in [-0.4, -0.2) is 49.1 Å². The highest BCUT2D eigenvalue weighted by Crippen LogP contribution is 2.22. The third-order valence-electron chi connectivity index (χ3n) is 3.17. The standard InChI is InChI=1S/C11H19N3O3S/c1-13-7-11(12-9-13)18(15,16)14-5-3-4-10(6-14)8-17-2/h7,9-10H,3-6,8H2,1-2H3. The third-order valence-corrected chi connectivity index (χ3v) is 4.92. The van der Waals surface area contributed by atoms with Crippen LogP contribution in [0.25, 0.3) is 0 Å². The third kappa shape index (κ3) is 2.73. The molecular formula is C11H19N3O3S. The molecule has 2 heterocycles. The number of sulfonamides is 1.